The molecule has 92 valence electrons. The van der Waals surface area contributed by atoms with Crippen LogP contribution in [0.4, 0.5) is 10.5 Å². The van der Waals surface area contributed by atoms with Crippen LogP contribution in [-0.2, 0) is 4.79 Å². The zero-order chi connectivity index (χ0) is 12.8. The van der Waals surface area contributed by atoms with Crippen molar-refractivity contribution in [2.75, 3.05) is 18.9 Å². The van der Waals surface area contributed by atoms with Gasteiger partial charge in [-0.2, -0.15) is 0 Å². The standard InChI is InChI=1S/C11H13IN2O3/c1-14(7-6-10(15)16)11(17)13-9-5-3-2-4-8(9)12/h2-5H,6-7H2,1H3,(H,13,17)(H,15,16). The molecule has 2 N–H and O–H groups in total. The van der Waals surface area contributed by atoms with Crippen LogP contribution in [-0.4, -0.2) is 35.6 Å². The quantitative estimate of drug-likeness (QED) is 0.820. The summed E-state index contributed by atoms with van der Waals surface area (Å²) in [7, 11) is 1.56. The predicted molar refractivity (Wildman–Crippen MR) is 73.1 cm³/mol. The van der Waals surface area contributed by atoms with Gasteiger partial charge in [-0.1, -0.05) is 12.1 Å². The van der Waals surface area contributed by atoms with E-state index in [2.05, 4.69) is 27.9 Å². The number of aliphatic carboxylic acids is 1. The minimum atomic E-state index is -0.918. The van der Waals surface area contributed by atoms with E-state index < -0.39 is 5.97 Å². The number of anilines is 1. The molecule has 0 aliphatic heterocycles. The van der Waals surface area contributed by atoms with Crippen LogP contribution >= 0.6 is 22.6 Å². The van der Waals surface area contributed by atoms with Gasteiger partial charge in [0.25, 0.3) is 0 Å². The molecule has 0 spiro atoms. The van der Waals surface area contributed by atoms with Gasteiger partial charge in [0.1, 0.15) is 0 Å². The summed E-state index contributed by atoms with van der Waals surface area (Å²) in [6.45, 7) is 0.185. The second-order valence-corrected chi connectivity index (χ2v) is 4.64. The van der Waals surface area contributed by atoms with E-state index in [1.165, 1.54) is 4.90 Å². The van der Waals surface area contributed by atoms with E-state index in [9.17, 15) is 9.59 Å². The maximum absolute atomic E-state index is 11.7. The number of amides is 2. The summed E-state index contributed by atoms with van der Waals surface area (Å²) in [5, 5.41) is 11.2. The summed E-state index contributed by atoms with van der Waals surface area (Å²) in [5.41, 5.74) is 0.722. The third-order valence-corrected chi connectivity index (χ3v) is 3.06. The highest BCUT2D eigenvalue weighted by atomic mass is 127. The van der Waals surface area contributed by atoms with E-state index in [0.29, 0.717) is 0 Å². The van der Waals surface area contributed by atoms with Crippen molar-refractivity contribution in [2.45, 2.75) is 6.42 Å². The van der Waals surface area contributed by atoms with Gasteiger partial charge in [0, 0.05) is 17.2 Å². The number of rotatable bonds is 4. The van der Waals surface area contributed by atoms with Gasteiger partial charge in [-0.15, -0.1) is 0 Å². The van der Waals surface area contributed by atoms with Crippen LogP contribution in [0.5, 0.6) is 0 Å². The number of hydrogen-bond donors (Lipinski definition) is 2. The van der Waals surface area contributed by atoms with Gasteiger partial charge in [0.2, 0.25) is 0 Å². The number of nitrogens with zero attached hydrogens (tertiary/aromatic N) is 1. The van der Waals surface area contributed by atoms with Crippen molar-refractivity contribution in [3.8, 4) is 0 Å². The molecule has 0 heterocycles. The fraction of sp³-hybridized carbons (Fsp3) is 0.273. The number of carboxylic acid groups (broad SMARTS) is 1. The van der Waals surface area contributed by atoms with Crippen molar-refractivity contribution >= 4 is 40.3 Å². The highest BCUT2D eigenvalue weighted by molar-refractivity contribution is 14.1. The first-order valence-corrected chi connectivity index (χ1v) is 6.07. The third kappa shape index (κ3) is 4.59. The van der Waals surface area contributed by atoms with Gasteiger partial charge in [-0.05, 0) is 34.7 Å². The lowest BCUT2D eigenvalue weighted by atomic mass is 10.3. The van der Waals surface area contributed by atoms with Crippen molar-refractivity contribution in [1.82, 2.24) is 4.90 Å². The number of carboxylic acids is 1. The summed E-state index contributed by atoms with van der Waals surface area (Å²) in [6, 6.07) is 7.08. The van der Waals surface area contributed by atoms with Crippen molar-refractivity contribution in [3.63, 3.8) is 0 Å². The molecule has 0 fully saturated rings. The Labute approximate surface area is 113 Å². The topological polar surface area (TPSA) is 69.6 Å². The number of hydrogen-bond acceptors (Lipinski definition) is 2. The lowest BCUT2D eigenvalue weighted by Crippen LogP contribution is -2.33. The Morgan fingerprint density at radius 1 is 1.41 bits per heavy atom. The Kier molecular flexibility index (Phi) is 5.20. The highest BCUT2D eigenvalue weighted by Gasteiger charge is 2.11. The highest BCUT2D eigenvalue weighted by Crippen LogP contribution is 2.17. The van der Waals surface area contributed by atoms with E-state index in [1.807, 2.05) is 18.2 Å². The molecule has 1 aromatic carbocycles. The zero-order valence-electron chi connectivity index (χ0n) is 9.31. The molecule has 5 nitrogen and oxygen atoms in total. The number of urea groups is 1. The van der Waals surface area contributed by atoms with Crippen LogP contribution in [0.3, 0.4) is 0 Å². The van der Waals surface area contributed by atoms with Gasteiger partial charge >= 0.3 is 12.0 Å². The summed E-state index contributed by atoms with van der Waals surface area (Å²) in [6.07, 6.45) is -0.0597. The maximum atomic E-state index is 11.7. The van der Waals surface area contributed by atoms with Crippen LogP contribution in [0.2, 0.25) is 0 Å². The van der Waals surface area contributed by atoms with E-state index >= 15 is 0 Å². The summed E-state index contributed by atoms with van der Waals surface area (Å²) >= 11 is 2.12. The minimum absolute atomic E-state index is 0.0597. The second kappa shape index (κ2) is 6.43. The van der Waals surface area contributed by atoms with E-state index in [0.717, 1.165) is 9.26 Å². The first-order valence-electron chi connectivity index (χ1n) is 4.99. The molecule has 0 saturated carbocycles. The molecule has 0 aliphatic rings. The average Bonchev–Trinajstić information content (AvgIpc) is 2.28. The van der Waals surface area contributed by atoms with Crippen LogP contribution in [0.1, 0.15) is 6.42 Å². The van der Waals surface area contributed by atoms with Crippen LogP contribution in [0.25, 0.3) is 0 Å². The van der Waals surface area contributed by atoms with Crippen molar-refractivity contribution in [2.24, 2.45) is 0 Å². The molecule has 0 saturated heterocycles. The van der Waals surface area contributed by atoms with E-state index in [1.54, 1.807) is 13.1 Å². The lowest BCUT2D eigenvalue weighted by Gasteiger charge is -2.17. The smallest absolute Gasteiger partial charge is 0.321 e. The molecule has 1 rings (SSSR count). The van der Waals surface area contributed by atoms with E-state index in [-0.39, 0.29) is 19.0 Å². The van der Waals surface area contributed by atoms with Gasteiger partial charge in [-0.3, -0.25) is 4.79 Å². The first-order chi connectivity index (χ1) is 8.00. The largest absolute Gasteiger partial charge is 0.481 e. The molecule has 1 aromatic rings. The number of para-hydroxylation sites is 1. The molecular formula is C11H13IN2O3. The Balaban J connectivity index is 2.54. The first kappa shape index (κ1) is 13.8. The molecule has 2 amide bonds. The Morgan fingerprint density at radius 3 is 2.65 bits per heavy atom. The molecule has 0 atom stereocenters. The molecule has 0 bridgehead atoms. The summed E-state index contributed by atoms with van der Waals surface area (Å²) in [5.74, 6) is -0.918. The zero-order valence-corrected chi connectivity index (χ0v) is 11.5. The Bertz CT molecular complexity index is 423. The number of benzene rings is 1. The summed E-state index contributed by atoms with van der Waals surface area (Å²) < 4.78 is 0.935. The predicted octanol–water partition coefficient (Wildman–Crippen LogP) is 2.23. The van der Waals surface area contributed by atoms with Crippen LogP contribution < -0.4 is 5.32 Å². The van der Waals surface area contributed by atoms with Crippen molar-refractivity contribution in [3.05, 3.63) is 27.8 Å². The molecule has 6 heteroatoms. The van der Waals surface area contributed by atoms with Crippen LogP contribution in [0, 0.1) is 3.57 Å². The second-order valence-electron chi connectivity index (χ2n) is 3.48. The third-order valence-electron chi connectivity index (χ3n) is 2.12. The SMILES string of the molecule is CN(CCC(=O)O)C(=O)Nc1ccccc1I. The van der Waals surface area contributed by atoms with Crippen molar-refractivity contribution < 1.29 is 14.7 Å². The van der Waals surface area contributed by atoms with E-state index in [4.69, 9.17) is 5.11 Å². The number of carbonyl (C=O) groups excluding carboxylic acids is 1. The fourth-order valence-corrected chi connectivity index (χ4v) is 1.66. The van der Waals surface area contributed by atoms with Gasteiger partial charge in [-0.25, -0.2) is 4.79 Å². The van der Waals surface area contributed by atoms with Gasteiger partial charge < -0.3 is 15.3 Å². The molecule has 0 radical (unpaired) electrons. The number of carbonyl (C=O) groups is 2. The summed E-state index contributed by atoms with van der Waals surface area (Å²) in [4.78, 5) is 23.4. The average molecular weight is 348 g/mol. The minimum Gasteiger partial charge on any atom is -0.481 e. The fourth-order valence-electron chi connectivity index (χ4n) is 1.14. The maximum Gasteiger partial charge on any atom is 0.321 e. The Hall–Kier alpha value is -1.31. The van der Waals surface area contributed by atoms with Crippen molar-refractivity contribution in [1.29, 1.82) is 0 Å². The number of halogens is 1. The molecule has 0 aliphatic carbocycles. The van der Waals surface area contributed by atoms with Gasteiger partial charge in [0.05, 0.1) is 12.1 Å². The normalized spacial score (nSPS) is 9.76. The molecule has 0 aromatic heterocycles. The molecular weight excluding hydrogens is 335 g/mol. The lowest BCUT2D eigenvalue weighted by molar-refractivity contribution is -0.137. The molecule has 17 heavy (non-hydrogen) atoms. The Morgan fingerprint density at radius 2 is 2.06 bits per heavy atom. The van der Waals surface area contributed by atoms with Crippen LogP contribution in [0.15, 0.2) is 24.3 Å². The number of nitrogens with one attached hydrogen (secondary N) is 1. The van der Waals surface area contributed by atoms with Gasteiger partial charge in [0.15, 0.2) is 0 Å². The molecule has 0 unspecified atom stereocenters. The monoisotopic (exact) mass is 348 g/mol.